The Balaban J connectivity index is 1.65. The highest BCUT2D eigenvalue weighted by atomic mass is 16.7. The fraction of sp³-hybridized carbons (Fsp3) is 0.500. The highest BCUT2D eigenvalue weighted by molar-refractivity contribution is 5.55. The number of phenols is 1. The molecule has 4 rings (SSSR count). The molecule has 1 saturated heterocycles. The molecule has 2 aliphatic heterocycles. The van der Waals surface area contributed by atoms with Gasteiger partial charge < -0.3 is 59.1 Å². The molecular formula is C24H30O12. The molecule has 1 fully saturated rings. The second kappa shape index (κ2) is 10.5. The fourth-order valence-electron chi connectivity index (χ4n) is 4.35. The van der Waals surface area contributed by atoms with Gasteiger partial charge in [0, 0.05) is 29.7 Å². The molecule has 2 heterocycles. The van der Waals surface area contributed by atoms with Gasteiger partial charge in [-0.1, -0.05) is 0 Å². The van der Waals surface area contributed by atoms with Gasteiger partial charge in [0.15, 0.2) is 17.6 Å². The Bertz CT molecular complexity index is 1050. The minimum absolute atomic E-state index is 0.142. The summed E-state index contributed by atoms with van der Waals surface area (Å²) < 4.78 is 33.1. The molecule has 0 spiro atoms. The van der Waals surface area contributed by atoms with Crippen LogP contribution in [0.3, 0.4) is 0 Å². The molecule has 2 aliphatic rings. The average Bonchev–Trinajstić information content (AvgIpc) is 2.88. The van der Waals surface area contributed by atoms with Crippen LogP contribution in [0.1, 0.15) is 17.2 Å². The minimum atomic E-state index is -1.60. The zero-order chi connectivity index (χ0) is 26.1. The highest BCUT2D eigenvalue weighted by Gasteiger charge is 2.45. The van der Waals surface area contributed by atoms with E-state index >= 15 is 0 Å². The van der Waals surface area contributed by atoms with Gasteiger partial charge in [0.1, 0.15) is 41.7 Å². The van der Waals surface area contributed by atoms with E-state index in [1.807, 2.05) is 0 Å². The van der Waals surface area contributed by atoms with Crippen LogP contribution in [0.4, 0.5) is 0 Å². The smallest absolute Gasteiger partial charge is 0.229 e. The Kier molecular flexibility index (Phi) is 7.64. The van der Waals surface area contributed by atoms with Crippen LogP contribution in [0.25, 0.3) is 0 Å². The maximum atomic E-state index is 10.9. The first-order valence-electron chi connectivity index (χ1n) is 11.2. The molecule has 0 bridgehead atoms. The molecule has 12 heteroatoms. The molecule has 2 aromatic rings. The molecule has 0 radical (unpaired) electrons. The maximum Gasteiger partial charge on any atom is 0.229 e. The average molecular weight is 510 g/mol. The molecule has 0 aromatic heterocycles. The van der Waals surface area contributed by atoms with E-state index in [0.29, 0.717) is 22.6 Å². The summed E-state index contributed by atoms with van der Waals surface area (Å²) in [5, 5.41) is 60.9. The third kappa shape index (κ3) is 4.71. The van der Waals surface area contributed by atoms with E-state index < -0.39 is 49.5 Å². The van der Waals surface area contributed by atoms with E-state index in [2.05, 4.69) is 0 Å². The Morgan fingerprint density at radius 1 is 0.861 bits per heavy atom. The molecule has 198 valence electrons. The van der Waals surface area contributed by atoms with Gasteiger partial charge in [0.05, 0.1) is 34.0 Å². The van der Waals surface area contributed by atoms with Gasteiger partial charge in [0.2, 0.25) is 12.0 Å². The number of methoxy groups -OCH3 is 3. The third-order valence-corrected chi connectivity index (χ3v) is 6.31. The Morgan fingerprint density at radius 3 is 2.08 bits per heavy atom. The number of aliphatic hydroxyl groups excluding tert-OH is 5. The van der Waals surface area contributed by atoms with Crippen LogP contribution in [0.5, 0.6) is 34.5 Å². The lowest BCUT2D eigenvalue weighted by molar-refractivity contribution is -0.277. The number of phenolic OH excluding ortho intramolecular Hbond substituents is 1. The maximum absolute atomic E-state index is 10.9. The van der Waals surface area contributed by atoms with E-state index in [1.165, 1.54) is 45.6 Å². The first-order valence-corrected chi connectivity index (χ1v) is 11.2. The summed E-state index contributed by atoms with van der Waals surface area (Å²) in [4.78, 5) is 0. The van der Waals surface area contributed by atoms with Gasteiger partial charge in [-0.25, -0.2) is 0 Å². The van der Waals surface area contributed by atoms with Crippen molar-refractivity contribution in [1.82, 2.24) is 0 Å². The van der Waals surface area contributed by atoms with Crippen LogP contribution in [0.2, 0.25) is 0 Å². The van der Waals surface area contributed by atoms with Crippen molar-refractivity contribution in [3.8, 4) is 34.5 Å². The van der Waals surface area contributed by atoms with Gasteiger partial charge in [0.25, 0.3) is 0 Å². The summed E-state index contributed by atoms with van der Waals surface area (Å²) in [7, 11) is 4.21. The number of benzene rings is 2. The first-order chi connectivity index (χ1) is 17.2. The molecule has 7 atom stereocenters. The number of aliphatic hydroxyl groups is 5. The van der Waals surface area contributed by atoms with E-state index in [4.69, 9.17) is 28.4 Å². The van der Waals surface area contributed by atoms with Crippen molar-refractivity contribution in [2.24, 2.45) is 0 Å². The molecule has 0 saturated carbocycles. The van der Waals surface area contributed by atoms with Gasteiger partial charge in [-0.3, -0.25) is 0 Å². The topological polar surface area (TPSA) is 177 Å². The van der Waals surface area contributed by atoms with E-state index in [0.717, 1.165) is 0 Å². The zero-order valence-electron chi connectivity index (χ0n) is 19.9. The standard InChI is InChI=1S/C24H30O12/c1-31-14-6-11(34-24-22(30)21(29)20(28)18(9-25)36-24)7-15-12(14)8-13(26)23(35-15)10-4-16(32-2)19(27)17(5-10)33-3/h4-7,13,18,20-30H,8-9H2,1-3H3/t13-,18+,20+,21-,22+,23+,24+/m0/s1. The number of fused-ring (bicyclic) bond motifs is 1. The molecule has 12 nitrogen and oxygen atoms in total. The number of hydrogen-bond donors (Lipinski definition) is 6. The third-order valence-electron chi connectivity index (χ3n) is 6.31. The zero-order valence-corrected chi connectivity index (χ0v) is 19.9. The number of rotatable bonds is 7. The van der Waals surface area contributed by atoms with Crippen molar-refractivity contribution >= 4 is 0 Å². The summed E-state index contributed by atoms with van der Waals surface area (Å²) in [6.45, 7) is -0.597. The van der Waals surface area contributed by atoms with Crippen LogP contribution < -0.4 is 23.7 Å². The molecule has 0 amide bonds. The lowest BCUT2D eigenvalue weighted by Gasteiger charge is -2.39. The Labute approximate surface area is 206 Å². The van der Waals surface area contributed by atoms with Crippen molar-refractivity contribution in [1.29, 1.82) is 0 Å². The van der Waals surface area contributed by atoms with Crippen LogP contribution in [0.15, 0.2) is 24.3 Å². The predicted octanol–water partition coefficient (Wildman–Crippen LogP) is -0.366. The van der Waals surface area contributed by atoms with Crippen molar-refractivity contribution in [2.45, 2.75) is 49.3 Å². The SMILES string of the molecule is COc1cc([C@H]2Oc3cc(O[C@@H]4O[C@H](CO)[C@@H](O)[C@H](O)[C@H]4O)cc(OC)c3C[C@@H]2O)cc(OC)c1O. The van der Waals surface area contributed by atoms with Crippen LogP contribution in [-0.4, -0.2) is 95.4 Å². The summed E-state index contributed by atoms with van der Waals surface area (Å²) in [6, 6.07) is 6.07. The van der Waals surface area contributed by atoms with E-state index in [9.17, 15) is 30.6 Å². The molecule has 36 heavy (non-hydrogen) atoms. The Morgan fingerprint density at radius 2 is 1.50 bits per heavy atom. The summed E-state index contributed by atoms with van der Waals surface area (Å²) >= 11 is 0. The minimum Gasteiger partial charge on any atom is -0.502 e. The number of hydrogen-bond acceptors (Lipinski definition) is 12. The van der Waals surface area contributed by atoms with Gasteiger partial charge in [-0.15, -0.1) is 0 Å². The first kappa shape index (κ1) is 26.1. The molecule has 2 aromatic carbocycles. The molecule has 0 unspecified atom stereocenters. The lowest BCUT2D eigenvalue weighted by atomic mass is 9.93. The normalized spacial score (nSPS) is 29.6. The molecular weight excluding hydrogens is 480 g/mol. The summed E-state index contributed by atoms with van der Waals surface area (Å²) in [5.74, 6) is 0.893. The lowest BCUT2D eigenvalue weighted by Crippen LogP contribution is -2.60. The van der Waals surface area contributed by atoms with Gasteiger partial charge >= 0.3 is 0 Å². The molecule has 0 aliphatic carbocycles. The number of ether oxygens (including phenoxy) is 6. The van der Waals surface area contributed by atoms with Crippen LogP contribution in [0, 0.1) is 0 Å². The van der Waals surface area contributed by atoms with E-state index in [1.54, 1.807) is 0 Å². The summed E-state index contributed by atoms with van der Waals surface area (Å²) in [6.07, 6.45) is -8.95. The second-order valence-corrected chi connectivity index (χ2v) is 8.50. The van der Waals surface area contributed by atoms with E-state index in [-0.39, 0.29) is 29.4 Å². The van der Waals surface area contributed by atoms with Crippen LogP contribution >= 0.6 is 0 Å². The fourth-order valence-corrected chi connectivity index (χ4v) is 4.35. The largest absolute Gasteiger partial charge is 0.502 e. The quantitative estimate of drug-likeness (QED) is 0.285. The van der Waals surface area contributed by atoms with Crippen LogP contribution in [-0.2, 0) is 11.2 Å². The Hall–Kier alpha value is -3.00. The van der Waals surface area contributed by atoms with Crippen molar-refractivity contribution in [3.63, 3.8) is 0 Å². The number of aromatic hydroxyl groups is 1. The van der Waals surface area contributed by atoms with Gasteiger partial charge in [-0.2, -0.15) is 0 Å². The van der Waals surface area contributed by atoms with Crippen molar-refractivity contribution in [3.05, 3.63) is 35.4 Å². The molecule has 6 N–H and O–H groups in total. The van der Waals surface area contributed by atoms with Gasteiger partial charge in [-0.05, 0) is 12.1 Å². The summed E-state index contributed by atoms with van der Waals surface area (Å²) in [5.41, 5.74) is 1.05. The highest BCUT2D eigenvalue weighted by Crippen LogP contribution is 2.46. The van der Waals surface area contributed by atoms with Crippen molar-refractivity contribution in [2.75, 3.05) is 27.9 Å². The monoisotopic (exact) mass is 510 g/mol. The predicted molar refractivity (Wildman–Crippen MR) is 122 cm³/mol. The van der Waals surface area contributed by atoms with Crippen molar-refractivity contribution < 1.29 is 59.1 Å². The second-order valence-electron chi connectivity index (χ2n) is 8.50.